The molecule has 3 fully saturated rings. The van der Waals surface area contributed by atoms with E-state index in [4.69, 9.17) is 4.74 Å². The number of anilines is 1. The van der Waals surface area contributed by atoms with Gasteiger partial charge in [-0.15, -0.1) is 0 Å². The third kappa shape index (κ3) is 5.17. The van der Waals surface area contributed by atoms with Gasteiger partial charge in [-0.25, -0.2) is 22.2 Å². The topological polar surface area (TPSA) is 83.1 Å². The van der Waals surface area contributed by atoms with Crippen molar-refractivity contribution in [2.24, 2.45) is 0 Å². The highest BCUT2D eigenvalue weighted by atomic mass is 32.2. The van der Waals surface area contributed by atoms with E-state index in [0.29, 0.717) is 37.6 Å². The average Bonchev–Trinajstić information content (AvgIpc) is 3.29. The van der Waals surface area contributed by atoms with E-state index in [2.05, 4.69) is 4.98 Å². The lowest BCUT2D eigenvalue weighted by Gasteiger charge is -2.41. The molecule has 0 radical (unpaired) electrons. The minimum Gasteiger partial charge on any atom is -0.377 e. The molecule has 1 saturated carbocycles. The Morgan fingerprint density at radius 1 is 1.14 bits per heavy atom. The van der Waals surface area contributed by atoms with Crippen molar-refractivity contribution in [3.05, 3.63) is 17.8 Å². The highest BCUT2D eigenvalue weighted by Gasteiger charge is 2.45. The first-order valence-electron chi connectivity index (χ1n) is 12.4. The Labute approximate surface area is 206 Å². The van der Waals surface area contributed by atoms with Crippen molar-refractivity contribution < 1.29 is 26.7 Å². The number of alkyl halides is 2. The van der Waals surface area contributed by atoms with Gasteiger partial charge in [0, 0.05) is 38.2 Å². The summed E-state index contributed by atoms with van der Waals surface area (Å²) in [5.74, 6) is -2.63. The number of aryl methyl sites for hydroxylation is 1. The van der Waals surface area contributed by atoms with Gasteiger partial charge in [0.1, 0.15) is 16.8 Å². The van der Waals surface area contributed by atoms with Crippen LogP contribution in [0, 0.1) is 6.92 Å². The van der Waals surface area contributed by atoms with Gasteiger partial charge in [0.25, 0.3) is 0 Å². The number of likely N-dealkylation sites (N-methyl/N-ethyl adjacent to an activating group) is 1. The fourth-order valence-corrected chi connectivity index (χ4v) is 7.34. The van der Waals surface area contributed by atoms with Gasteiger partial charge in [0.2, 0.25) is 21.9 Å². The van der Waals surface area contributed by atoms with Crippen LogP contribution < -0.4 is 4.90 Å². The molecule has 4 rings (SSSR count). The molecule has 0 unspecified atom stereocenters. The molecule has 2 saturated heterocycles. The van der Waals surface area contributed by atoms with Crippen LogP contribution in [0.5, 0.6) is 0 Å². The molecule has 0 bridgehead atoms. The van der Waals surface area contributed by atoms with Crippen LogP contribution >= 0.6 is 0 Å². The maximum atomic E-state index is 14.0. The summed E-state index contributed by atoms with van der Waals surface area (Å²) >= 11 is 0. The highest BCUT2D eigenvalue weighted by molar-refractivity contribution is 7.89. The molecule has 8 nitrogen and oxygen atoms in total. The van der Waals surface area contributed by atoms with Crippen molar-refractivity contribution in [2.45, 2.75) is 94.3 Å². The summed E-state index contributed by atoms with van der Waals surface area (Å²) in [4.78, 5) is 21.6. The molecule has 1 aromatic rings. The Balaban J connectivity index is 1.62. The smallest absolute Gasteiger partial charge is 0.248 e. The zero-order valence-electron chi connectivity index (χ0n) is 20.9. The second-order valence-corrected chi connectivity index (χ2v) is 12.1. The Hall–Kier alpha value is -1.85. The molecule has 196 valence electrons. The monoisotopic (exact) mass is 514 g/mol. The first-order chi connectivity index (χ1) is 16.4. The molecule has 11 heteroatoms. The van der Waals surface area contributed by atoms with Gasteiger partial charge < -0.3 is 14.5 Å². The van der Waals surface area contributed by atoms with Gasteiger partial charge in [-0.3, -0.25) is 4.79 Å². The lowest BCUT2D eigenvalue weighted by Crippen LogP contribution is -2.52. The number of aromatic nitrogens is 1. The van der Waals surface area contributed by atoms with E-state index in [0.717, 1.165) is 0 Å². The van der Waals surface area contributed by atoms with E-state index >= 15 is 0 Å². The minimum absolute atomic E-state index is 0.0615. The average molecular weight is 515 g/mol. The lowest BCUT2D eigenvalue weighted by atomic mass is 9.91. The van der Waals surface area contributed by atoms with E-state index in [1.165, 1.54) is 9.21 Å². The first-order valence-corrected chi connectivity index (χ1v) is 13.9. The van der Waals surface area contributed by atoms with E-state index in [1.54, 1.807) is 19.2 Å². The summed E-state index contributed by atoms with van der Waals surface area (Å²) in [6.07, 6.45) is 0.892. The van der Waals surface area contributed by atoms with Gasteiger partial charge in [0.05, 0.1) is 25.3 Å². The van der Waals surface area contributed by atoms with Crippen molar-refractivity contribution in [1.82, 2.24) is 14.2 Å². The van der Waals surface area contributed by atoms with Crippen LogP contribution in [-0.4, -0.2) is 85.4 Å². The largest absolute Gasteiger partial charge is 0.377 e. The number of hydrogen-bond acceptors (Lipinski definition) is 6. The summed E-state index contributed by atoms with van der Waals surface area (Å²) in [6.45, 7) is 6.93. The number of sulfonamides is 1. The maximum Gasteiger partial charge on any atom is 0.248 e. The predicted molar refractivity (Wildman–Crippen MR) is 128 cm³/mol. The number of carbonyl (C=O) groups excluding carboxylic acids is 1. The molecule has 3 atom stereocenters. The van der Waals surface area contributed by atoms with Crippen LogP contribution in [0.25, 0.3) is 0 Å². The second-order valence-electron chi connectivity index (χ2n) is 10.2. The van der Waals surface area contributed by atoms with Crippen molar-refractivity contribution in [3.63, 3.8) is 0 Å². The molecular formula is C24H36F2N4O4S. The van der Waals surface area contributed by atoms with E-state index in [-0.39, 0.29) is 61.2 Å². The molecular weight excluding hydrogens is 478 g/mol. The van der Waals surface area contributed by atoms with Gasteiger partial charge >= 0.3 is 0 Å². The number of rotatable bonds is 5. The summed E-state index contributed by atoms with van der Waals surface area (Å²) in [7, 11) is -2.43. The van der Waals surface area contributed by atoms with Gasteiger partial charge in [-0.05, 0) is 58.6 Å². The fourth-order valence-electron chi connectivity index (χ4n) is 5.57. The van der Waals surface area contributed by atoms with Crippen LogP contribution in [0.15, 0.2) is 17.0 Å². The molecule has 35 heavy (non-hydrogen) atoms. The predicted octanol–water partition coefficient (Wildman–Crippen LogP) is 3.19. The zero-order valence-corrected chi connectivity index (χ0v) is 21.7. The number of amides is 1. The third-order valence-corrected chi connectivity index (χ3v) is 9.48. The molecule has 0 spiro atoms. The number of halogens is 2. The van der Waals surface area contributed by atoms with E-state index in [1.807, 2.05) is 25.7 Å². The fraction of sp³-hybridized carbons (Fsp3) is 0.750. The number of morpholine rings is 1. The third-order valence-electron chi connectivity index (χ3n) is 7.55. The van der Waals surface area contributed by atoms with Crippen LogP contribution in [0.1, 0.15) is 58.1 Å². The molecule has 1 aromatic heterocycles. The number of hydrogen-bond donors (Lipinski definition) is 0. The molecule has 1 amide bonds. The Kier molecular flexibility index (Phi) is 7.41. The summed E-state index contributed by atoms with van der Waals surface area (Å²) in [5, 5.41) is 0. The number of ether oxygens (including phenoxy) is 1. The SMILES string of the molecule is Cc1ccc(S(=O)(=O)N2CCC[C@H]2C(=O)N(C)C2CCC(F)(F)CC2)c(N2[C@@H](C)COC[C@@H]2C)n1. The number of carbonyl (C=O) groups is 1. The van der Waals surface area contributed by atoms with Crippen LogP contribution in [-0.2, 0) is 19.6 Å². The normalized spacial score (nSPS) is 28.3. The minimum atomic E-state index is -4.04. The van der Waals surface area contributed by atoms with Crippen LogP contribution in [0.3, 0.4) is 0 Å². The summed E-state index contributed by atoms with van der Waals surface area (Å²) in [6, 6.07) is 1.98. The Morgan fingerprint density at radius 2 is 1.77 bits per heavy atom. The van der Waals surface area contributed by atoms with Crippen molar-refractivity contribution >= 4 is 21.7 Å². The summed E-state index contributed by atoms with van der Waals surface area (Å²) in [5.41, 5.74) is 0.702. The van der Waals surface area contributed by atoms with Gasteiger partial charge in [0.15, 0.2) is 0 Å². The Morgan fingerprint density at radius 3 is 2.40 bits per heavy atom. The summed E-state index contributed by atoms with van der Waals surface area (Å²) < 4.78 is 62.1. The van der Waals surface area contributed by atoms with Crippen molar-refractivity contribution in [3.8, 4) is 0 Å². The number of nitrogens with zero attached hydrogens (tertiary/aromatic N) is 4. The molecule has 3 heterocycles. The van der Waals surface area contributed by atoms with Crippen LogP contribution in [0.2, 0.25) is 0 Å². The van der Waals surface area contributed by atoms with E-state index in [9.17, 15) is 22.0 Å². The molecule has 0 aromatic carbocycles. The van der Waals surface area contributed by atoms with Crippen molar-refractivity contribution in [1.29, 1.82) is 0 Å². The molecule has 3 aliphatic rings. The quantitative estimate of drug-likeness (QED) is 0.600. The molecule has 0 N–H and O–H groups in total. The van der Waals surface area contributed by atoms with Crippen LogP contribution in [0.4, 0.5) is 14.6 Å². The zero-order chi connectivity index (χ0) is 25.5. The second kappa shape index (κ2) is 9.89. The maximum absolute atomic E-state index is 14.0. The first kappa shape index (κ1) is 26.2. The number of pyridine rings is 1. The highest BCUT2D eigenvalue weighted by Crippen LogP contribution is 2.37. The molecule has 1 aliphatic carbocycles. The van der Waals surface area contributed by atoms with Gasteiger partial charge in [-0.2, -0.15) is 4.31 Å². The molecule has 2 aliphatic heterocycles. The van der Waals surface area contributed by atoms with E-state index < -0.39 is 22.0 Å². The standard InChI is InChI=1S/C24H36F2N4O4S/c1-16-7-8-21(22(27-16)30-17(2)14-34-15-18(30)3)35(32,33)29-13-5-6-20(29)23(31)28(4)19-9-11-24(25,26)12-10-19/h7-8,17-20H,5-6,9-15H2,1-4H3/t17-,18-,20-/m0/s1. The van der Waals surface area contributed by atoms with Crippen molar-refractivity contribution in [2.75, 3.05) is 31.7 Å². The Bertz CT molecular complexity index is 1030. The lowest BCUT2D eigenvalue weighted by molar-refractivity contribution is -0.138. The van der Waals surface area contributed by atoms with Gasteiger partial charge in [-0.1, -0.05) is 0 Å².